The van der Waals surface area contributed by atoms with Crippen LogP contribution < -0.4 is 5.32 Å². The van der Waals surface area contributed by atoms with Crippen molar-refractivity contribution in [1.82, 2.24) is 20.2 Å². The summed E-state index contributed by atoms with van der Waals surface area (Å²) in [7, 11) is 0. The smallest absolute Gasteiger partial charge is 0.120 e. The van der Waals surface area contributed by atoms with Gasteiger partial charge < -0.3 is 10.3 Å². The number of nitrogens with one attached hydrogen (secondary N) is 2. The van der Waals surface area contributed by atoms with E-state index in [1.165, 1.54) is 0 Å². The molecule has 1 rings (SSSR count). The second-order valence-electron chi connectivity index (χ2n) is 4.64. The molecule has 0 bridgehead atoms. The van der Waals surface area contributed by atoms with Crippen LogP contribution in [0.15, 0.2) is 12.4 Å². The predicted octanol–water partition coefficient (Wildman–Crippen LogP) is 1.62. The van der Waals surface area contributed by atoms with Gasteiger partial charge in [0.1, 0.15) is 5.82 Å². The van der Waals surface area contributed by atoms with Crippen molar-refractivity contribution < 1.29 is 0 Å². The van der Waals surface area contributed by atoms with E-state index in [0.29, 0.717) is 12.1 Å². The van der Waals surface area contributed by atoms with Crippen LogP contribution in [-0.4, -0.2) is 40.0 Å². The molecule has 0 aliphatic heterocycles. The summed E-state index contributed by atoms with van der Waals surface area (Å²) in [5, 5.41) is 3.39. The first-order chi connectivity index (χ1) is 7.61. The summed E-state index contributed by atoms with van der Waals surface area (Å²) in [5.74, 6) is 1.00. The Kier molecular flexibility index (Phi) is 5.49. The molecule has 2 N–H and O–H groups in total. The molecule has 0 saturated carbocycles. The van der Waals surface area contributed by atoms with Crippen LogP contribution in [0.25, 0.3) is 0 Å². The summed E-state index contributed by atoms with van der Waals surface area (Å²) in [6, 6.07) is 1.20. The molecule has 4 heteroatoms. The van der Waals surface area contributed by atoms with Gasteiger partial charge in [-0.2, -0.15) is 0 Å². The van der Waals surface area contributed by atoms with E-state index in [2.05, 4.69) is 47.9 Å². The predicted molar refractivity (Wildman–Crippen MR) is 67.3 cm³/mol. The lowest BCUT2D eigenvalue weighted by molar-refractivity contribution is 0.175. The largest absolute Gasteiger partial charge is 0.348 e. The number of aromatic amines is 1. The van der Waals surface area contributed by atoms with Crippen molar-refractivity contribution in [2.75, 3.05) is 13.1 Å². The average Bonchev–Trinajstić information content (AvgIpc) is 2.68. The van der Waals surface area contributed by atoms with Crippen LogP contribution >= 0.6 is 0 Å². The van der Waals surface area contributed by atoms with Crippen molar-refractivity contribution in [3.8, 4) is 0 Å². The van der Waals surface area contributed by atoms with Gasteiger partial charge in [-0.25, -0.2) is 4.98 Å². The van der Waals surface area contributed by atoms with Crippen molar-refractivity contribution in [2.45, 2.75) is 46.3 Å². The molecule has 16 heavy (non-hydrogen) atoms. The highest BCUT2D eigenvalue weighted by Crippen LogP contribution is 2.03. The first-order valence-electron chi connectivity index (χ1n) is 6.06. The zero-order chi connectivity index (χ0) is 12.0. The Morgan fingerprint density at radius 1 is 1.31 bits per heavy atom. The van der Waals surface area contributed by atoms with Gasteiger partial charge in [-0.15, -0.1) is 0 Å². The SMILES string of the molecule is CC(C)N(CCNCc1ncc[nH]1)C(C)C. The maximum atomic E-state index is 4.17. The molecule has 0 amide bonds. The summed E-state index contributed by atoms with van der Waals surface area (Å²) in [6.45, 7) is 11.9. The number of hydrogen-bond donors (Lipinski definition) is 2. The molecular formula is C12H24N4. The summed E-state index contributed by atoms with van der Waals surface area (Å²) in [6.07, 6.45) is 3.64. The third-order valence-electron chi connectivity index (χ3n) is 2.72. The van der Waals surface area contributed by atoms with Crippen molar-refractivity contribution in [3.63, 3.8) is 0 Å². The maximum absolute atomic E-state index is 4.17. The zero-order valence-electron chi connectivity index (χ0n) is 10.8. The Morgan fingerprint density at radius 2 is 2.00 bits per heavy atom. The molecule has 92 valence electrons. The van der Waals surface area contributed by atoms with E-state index in [9.17, 15) is 0 Å². The molecule has 1 heterocycles. The summed E-state index contributed by atoms with van der Waals surface area (Å²) in [5.41, 5.74) is 0. The number of nitrogens with zero attached hydrogens (tertiary/aromatic N) is 2. The van der Waals surface area contributed by atoms with E-state index in [1.807, 2.05) is 6.20 Å². The van der Waals surface area contributed by atoms with Gasteiger partial charge in [0, 0.05) is 37.6 Å². The third-order valence-corrected chi connectivity index (χ3v) is 2.72. The number of hydrogen-bond acceptors (Lipinski definition) is 3. The van der Waals surface area contributed by atoms with Crippen LogP contribution in [0, 0.1) is 0 Å². The molecule has 0 atom stereocenters. The van der Waals surface area contributed by atoms with Gasteiger partial charge in [0.2, 0.25) is 0 Å². The number of imidazole rings is 1. The van der Waals surface area contributed by atoms with E-state index < -0.39 is 0 Å². The average molecular weight is 224 g/mol. The summed E-state index contributed by atoms with van der Waals surface area (Å²) < 4.78 is 0. The Hall–Kier alpha value is -0.870. The lowest BCUT2D eigenvalue weighted by Crippen LogP contribution is -2.41. The summed E-state index contributed by atoms with van der Waals surface area (Å²) >= 11 is 0. The fraction of sp³-hybridized carbons (Fsp3) is 0.750. The molecule has 0 unspecified atom stereocenters. The van der Waals surface area contributed by atoms with Gasteiger partial charge in [-0.1, -0.05) is 0 Å². The topological polar surface area (TPSA) is 44.0 Å². The van der Waals surface area contributed by atoms with Gasteiger partial charge in [0.15, 0.2) is 0 Å². The first-order valence-corrected chi connectivity index (χ1v) is 6.06. The quantitative estimate of drug-likeness (QED) is 0.692. The molecule has 0 aromatic carbocycles. The lowest BCUT2D eigenvalue weighted by Gasteiger charge is -2.30. The minimum Gasteiger partial charge on any atom is -0.348 e. The van der Waals surface area contributed by atoms with Gasteiger partial charge in [-0.3, -0.25) is 4.90 Å². The zero-order valence-corrected chi connectivity index (χ0v) is 10.8. The summed E-state index contributed by atoms with van der Waals surface area (Å²) in [4.78, 5) is 9.74. The molecular weight excluding hydrogens is 200 g/mol. The van der Waals surface area contributed by atoms with Crippen molar-refractivity contribution in [3.05, 3.63) is 18.2 Å². The minimum absolute atomic E-state index is 0.602. The van der Waals surface area contributed by atoms with Crippen LogP contribution in [0.1, 0.15) is 33.5 Å². The van der Waals surface area contributed by atoms with Crippen molar-refractivity contribution in [1.29, 1.82) is 0 Å². The fourth-order valence-electron chi connectivity index (χ4n) is 1.92. The second-order valence-corrected chi connectivity index (χ2v) is 4.64. The normalized spacial score (nSPS) is 11.9. The Balaban J connectivity index is 2.18. The lowest BCUT2D eigenvalue weighted by atomic mass is 10.2. The molecule has 0 aliphatic rings. The van der Waals surface area contributed by atoms with Crippen molar-refractivity contribution in [2.24, 2.45) is 0 Å². The van der Waals surface area contributed by atoms with Crippen LogP contribution in [0.5, 0.6) is 0 Å². The van der Waals surface area contributed by atoms with Crippen LogP contribution in [0.4, 0.5) is 0 Å². The Bertz CT molecular complexity index is 259. The molecule has 0 saturated heterocycles. The second kappa shape index (κ2) is 6.66. The first kappa shape index (κ1) is 13.2. The molecule has 0 spiro atoms. The molecule has 4 nitrogen and oxygen atoms in total. The van der Waals surface area contributed by atoms with Gasteiger partial charge in [-0.05, 0) is 27.7 Å². The Labute approximate surface area is 98.5 Å². The van der Waals surface area contributed by atoms with Gasteiger partial charge in [0.25, 0.3) is 0 Å². The number of rotatable bonds is 7. The van der Waals surface area contributed by atoms with Crippen molar-refractivity contribution >= 4 is 0 Å². The number of H-pyrrole nitrogens is 1. The standard InChI is InChI=1S/C12H24N4/c1-10(2)16(11(3)4)8-7-13-9-12-14-5-6-15-12/h5-6,10-11,13H,7-9H2,1-4H3,(H,14,15). The molecule has 0 radical (unpaired) electrons. The highest BCUT2D eigenvalue weighted by atomic mass is 15.2. The van der Waals surface area contributed by atoms with E-state index in [-0.39, 0.29) is 0 Å². The molecule has 1 aromatic rings. The Morgan fingerprint density at radius 3 is 2.50 bits per heavy atom. The highest BCUT2D eigenvalue weighted by Gasteiger charge is 2.11. The van der Waals surface area contributed by atoms with Crippen LogP contribution in [0.3, 0.4) is 0 Å². The minimum atomic E-state index is 0.602. The molecule has 0 fully saturated rings. The third kappa shape index (κ3) is 4.33. The van der Waals surface area contributed by atoms with E-state index in [4.69, 9.17) is 0 Å². The van der Waals surface area contributed by atoms with Crippen LogP contribution in [-0.2, 0) is 6.54 Å². The van der Waals surface area contributed by atoms with Crippen LogP contribution in [0.2, 0.25) is 0 Å². The maximum Gasteiger partial charge on any atom is 0.120 e. The number of aromatic nitrogens is 2. The fourth-order valence-corrected chi connectivity index (χ4v) is 1.92. The monoisotopic (exact) mass is 224 g/mol. The van der Waals surface area contributed by atoms with E-state index >= 15 is 0 Å². The van der Waals surface area contributed by atoms with Gasteiger partial charge in [0.05, 0.1) is 6.54 Å². The highest BCUT2D eigenvalue weighted by molar-refractivity contribution is 4.85. The molecule has 0 aliphatic carbocycles. The van der Waals surface area contributed by atoms with Gasteiger partial charge >= 0.3 is 0 Å². The molecule has 1 aromatic heterocycles. The van der Waals surface area contributed by atoms with E-state index in [0.717, 1.165) is 25.5 Å². The van der Waals surface area contributed by atoms with E-state index in [1.54, 1.807) is 6.20 Å².